The minimum absolute atomic E-state index is 0.283. The third kappa shape index (κ3) is 3.83. The number of aryl methyl sites for hydroxylation is 2. The van der Waals surface area contributed by atoms with Crippen LogP contribution in [-0.4, -0.2) is 21.1 Å². The van der Waals surface area contributed by atoms with Crippen LogP contribution >= 0.6 is 22.7 Å². The van der Waals surface area contributed by atoms with Gasteiger partial charge in [0.05, 0.1) is 0 Å². The normalized spacial score (nSPS) is 10.9. The minimum Gasteiger partial charge on any atom is -0.459 e. The molecule has 0 unspecified atom stereocenters. The zero-order chi connectivity index (χ0) is 16.2. The molecule has 3 heterocycles. The van der Waals surface area contributed by atoms with Gasteiger partial charge in [0.25, 0.3) is 5.91 Å². The molecule has 1 N–H and O–H groups in total. The largest absolute Gasteiger partial charge is 0.459 e. The fourth-order valence-electron chi connectivity index (χ4n) is 1.93. The van der Waals surface area contributed by atoms with Gasteiger partial charge in [-0.3, -0.25) is 10.1 Å². The molecule has 3 rings (SSSR count). The average molecular weight is 348 g/mol. The summed E-state index contributed by atoms with van der Waals surface area (Å²) in [6, 6.07) is 3.72. The van der Waals surface area contributed by atoms with Crippen molar-refractivity contribution in [3.8, 4) is 10.8 Å². The standard InChI is InChI=1S/C15H16N4O2S2/c1-3-4-5-12-18-19-15(23-12)17-13(20)10-8-22-14(16-10)11-7-6-9(2)21-11/h6-8H,3-5H2,1-2H3,(H,17,19,20). The van der Waals surface area contributed by atoms with E-state index in [1.165, 1.54) is 22.7 Å². The molecule has 3 aromatic heterocycles. The number of anilines is 1. The van der Waals surface area contributed by atoms with Crippen molar-refractivity contribution in [3.05, 3.63) is 34.0 Å². The highest BCUT2D eigenvalue weighted by Gasteiger charge is 2.15. The molecular formula is C15H16N4O2S2. The van der Waals surface area contributed by atoms with E-state index in [1.807, 2.05) is 19.1 Å². The van der Waals surface area contributed by atoms with E-state index in [0.29, 0.717) is 21.6 Å². The van der Waals surface area contributed by atoms with Crippen molar-refractivity contribution in [2.45, 2.75) is 33.1 Å². The van der Waals surface area contributed by atoms with Crippen LogP contribution in [0.1, 0.15) is 41.0 Å². The second-order valence-electron chi connectivity index (χ2n) is 5.01. The number of nitrogens with one attached hydrogen (secondary N) is 1. The number of amides is 1. The third-order valence-electron chi connectivity index (χ3n) is 3.12. The topological polar surface area (TPSA) is 80.9 Å². The van der Waals surface area contributed by atoms with Crippen LogP contribution in [0.15, 0.2) is 21.9 Å². The van der Waals surface area contributed by atoms with Gasteiger partial charge in [-0.2, -0.15) is 0 Å². The number of nitrogens with zero attached hydrogens (tertiary/aromatic N) is 3. The highest BCUT2D eigenvalue weighted by molar-refractivity contribution is 7.15. The van der Waals surface area contributed by atoms with E-state index >= 15 is 0 Å². The Hall–Kier alpha value is -2.06. The molecule has 1 amide bonds. The lowest BCUT2D eigenvalue weighted by Crippen LogP contribution is -2.12. The summed E-state index contributed by atoms with van der Waals surface area (Å²) in [5.74, 6) is 1.20. The van der Waals surface area contributed by atoms with Crippen molar-refractivity contribution < 1.29 is 9.21 Å². The highest BCUT2D eigenvalue weighted by Crippen LogP contribution is 2.26. The first-order valence-electron chi connectivity index (χ1n) is 7.31. The van der Waals surface area contributed by atoms with Gasteiger partial charge in [0.2, 0.25) is 5.13 Å². The lowest BCUT2D eigenvalue weighted by molar-refractivity contribution is 0.102. The van der Waals surface area contributed by atoms with E-state index in [4.69, 9.17) is 4.42 Å². The molecule has 0 aliphatic heterocycles. The minimum atomic E-state index is -0.283. The van der Waals surface area contributed by atoms with Gasteiger partial charge in [-0.05, 0) is 25.5 Å². The Morgan fingerprint density at radius 3 is 2.96 bits per heavy atom. The molecule has 0 aliphatic carbocycles. The predicted molar refractivity (Wildman–Crippen MR) is 91.0 cm³/mol. The first kappa shape index (κ1) is 15.8. The van der Waals surface area contributed by atoms with Gasteiger partial charge in [-0.1, -0.05) is 24.7 Å². The van der Waals surface area contributed by atoms with Crippen molar-refractivity contribution in [2.24, 2.45) is 0 Å². The van der Waals surface area contributed by atoms with Crippen LogP contribution in [0.5, 0.6) is 0 Å². The first-order chi connectivity index (χ1) is 11.2. The molecule has 8 heteroatoms. The maximum Gasteiger partial charge on any atom is 0.276 e. The van der Waals surface area contributed by atoms with E-state index < -0.39 is 0 Å². The van der Waals surface area contributed by atoms with Crippen LogP contribution in [-0.2, 0) is 6.42 Å². The van der Waals surface area contributed by atoms with E-state index in [9.17, 15) is 4.79 Å². The quantitative estimate of drug-likeness (QED) is 0.723. The number of rotatable bonds is 6. The van der Waals surface area contributed by atoms with Crippen LogP contribution in [0.4, 0.5) is 5.13 Å². The van der Waals surface area contributed by atoms with Gasteiger partial charge in [0.15, 0.2) is 10.8 Å². The molecule has 0 radical (unpaired) electrons. The maximum absolute atomic E-state index is 12.2. The van der Waals surface area contributed by atoms with Gasteiger partial charge in [-0.15, -0.1) is 21.5 Å². The fourth-order valence-corrected chi connectivity index (χ4v) is 3.47. The summed E-state index contributed by atoms with van der Waals surface area (Å²) in [4.78, 5) is 16.5. The summed E-state index contributed by atoms with van der Waals surface area (Å²) in [6.07, 6.45) is 3.07. The van der Waals surface area contributed by atoms with Crippen LogP contribution in [0.2, 0.25) is 0 Å². The number of carbonyl (C=O) groups is 1. The lowest BCUT2D eigenvalue weighted by Gasteiger charge is -1.96. The number of aromatic nitrogens is 3. The molecule has 120 valence electrons. The van der Waals surface area contributed by atoms with E-state index in [2.05, 4.69) is 27.4 Å². The van der Waals surface area contributed by atoms with Crippen LogP contribution in [0.25, 0.3) is 10.8 Å². The Labute approximate surface area is 141 Å². The summed E-state index contributed by atoms with van der Waals surface area (Å²) in [6.45, 7) is 4.00. The Kier molecular flexibility index (Phi) is 4.82. The first-order valence-corrected chi connectivity index (χ1v) is 9.01. The molecule has 0 aliphatic rings. The van der Waals surface area contributed by atoms with Crippen molar-refractivity contribution in [3.63, 3.8) is 0 Å². The molecule has 0 fully saturated rings. The third-order valence-corrected chi connectivity index (χ3v) is 4.87. The van der Waals surface area contributed by atoms with Gasteiger partial charge >= 0.3 is 0 Å². The average Bonchev–Trinajstić information content (AvgIpc) is 3.25. The highest BCUT2D eigenvalue weighted by atomic mass is 32.1. The molecule has 6 nitrogen and oxygen atoms in total. The molecule has 23 heavy (non-hydrogen) atoms. The van der Waals surface area contributed by atoms with Crippen LogP contribution in [0.3, 0.4) is 0 Å². The fraction of sp³-hybridized carbons (Fsp3) is 0.333. The lowest BCUT2D eigenvalue weighted by atomic mass is 10.3. The summed E-state index contributed by atoms with van der Waals surface area (Å²) in [5.41, 5.74) is 0.351. The smallest absolute Gasteiger partial charge is 0.276 e. The van der Waals surface area contributed by atoms with Gasteiger partial charge < -0.3 is 4.42 Å². The summed E-state index contributed by atoms with van der Waals surface area (Å²) in [5, 5.41) is 14.7. The zero-order valence-electron chi connectivity index (χ0n) is 12.8. The number of hydrogen-bond donors (Lipinski definition) is 1. The Bertz CT molecular complexity index is 806. The van der Waals surface area contributed by atoms with Gasteiger partial charge in [0, 0.05) is 11.8 Å². The number of unbranched alkanes of at least 4 members (excludes halogenated alkanes) is 1. The Morgan fingerprint density at radius 2 is 2.22 bits per heavy atom. The molecule has 0 atom stereocenters. The zero-order valence-corrected chi connectivity index (χ0v) is 14.5. The monoisotopic (exact) mass is 348 g/mol. The van der Waals surface area contributed by atoms with Crippen molar-refractivity contribution in [2.75, 3.05) is 5.32 Å². The van der Waals surface area contributed by atoms with Crippen molar-refractivity contribution >= 4 is 33.7 Å². The molecule has 0 saturated carbocycles. The number of hydrogen-bond acceptors (Lipinski definition) is 7. The molecule has 0 saturated heterocycles. The predicted octanol–water partition coefficient (Wildman–Crippen LogP) is 4.16. The van der Waals surface area contributed by atoms with Gasteiger partial charge in [-0.25, -0.2) is 4.98 Å². The maximum atomic E-state index is 12.2. The number of furan rings is 1. The molecular weight excluding hydrogens is 332 g/mol. The van der Waals surface area contributed by atoms with Crippen LogP contribution < -0.4 is 5.32 Å². The molecule has 3 aromatic rings. The summed E-state index contributed by atoms with van der Waals surface area (Å²) >= 11 is 2.78. The second kappa shape index (κ2) is 7.01. The number of carbonyl (C=O) groups excluding carboxylic acids is 1. The van der Waals surface area contributed by atoms with Crippen molar-refractivity contribution in [1.29, 1.82) is 0 Å². The number of thiazole rings is 1. The van der Waals surface area contributed by atoms with Crippen molar-refractivity contribution in [1.82, 2.24) is 15.2 Å². The summed E-state index contributed by atoms with van der Waals surface area (Å²) < 4.78 is 5.52. The van der Waals surface area contributed by atoms with Crippen LogP contribution in [0, 0.1) is 6.92 Å². The van der Waals surface area contributed by atoms with E-state index in [0.717, 1.165) is 30.0 Å². The SMILES string of the molecule is CCCCc1nnc(NC(=O)c2csc(-c3ccc(C)o3)n2)s1. The van der Waals surface area contributed by atoms with E-state index in [1.54, 1.807) is 5.38 Å². The van der Waals surface area contributed by atoms with E-state index in [-0.39, 0.29) is 5.91 Å². The Morgan fingerprint density at radius 1 is 1.35 bits per heavy atom. The summed E-state index contributed by atoms with van der Waals surface area (Å²) in [7, 11) is 0. The second-order valence-corrected chi connectivity index (χ2v) is 6.93. The van der Waals surface area contributed by atoms with Gasteiger partial charge in [0.1, 0.15) is 16.5 Å². The molecule has 0 bridgehead atoms. The molecule has 0 aromatic carbocycles. The Balaban J connectivity index is 1.66. The molecule has 0 spiro atoms.